The summed E-state index contributed by atoms with van der Waals surface area (Å²) in [6.07, 6.45) is 8.77. The zero-order valence-electron chi connectivity index (χ0n) is 18.4. The predicted octanol–water partition coefficient (Wildman–Crippen LogP) is 4.44. The summed E-state index contributed by atoms with van der Waals surface area (Å²) in [5.41, 5.74) is 3.37. The number of fused-ring (bicyclic) bond motifs is 1. The summed E-state index contributed by atoms with van der Waals surface area (Å²) in [6.45, 7) is 7.38. The number of likely N-dealkylation sites (N-methyl/N-ethyl adjacent to an activating group) is 1. The van der Waals surface area contributed by atoms with Gasteiger partial charge in [0, 0.05) is 31.9 Å². The average molecular weight is 420 g/mol. The lowest BCUT2D eigenvalue weighted by molar-refractivity contribution is 0.246. The van der Waals surface area contributed by atoms with Gasteiger partial charge in [0.1, 0.15) is 12.4 Å². The Morgan fingerprint density at radius 1 is 1.19 bits per heavy atom. The first-order chi connectivity index (χ1) is 15.2. The normalized spacial score (nSPS) is 13.3. The lowest BCUT2D eigenvalue weighted by atomic mass is 10.0. The van der Waals surface area contributed by atoms with Crippen LogP contribution in [0.3, 0.4) is 0 Å². The first kappa shape index (κ1) is 22.6. The number of rotatable bonds is 10. The minimum Gasteiger partial charge on any atom is -0.490 e. The van der Waals surface area contributed by atoms with E-state index in [0.717, 1.165) is 55.9 Å². The van der Waals surface area contributed by atoms with Gasteiger partial charge < -0.3 is 10.1 Å². The molecule has 3 rings (SSSR count). The largest absolute Gasteiger partial charge is 0.490 e. The van der Waals surface area contributed by atoms with Crippen LogP contribution >= 0.6 is 0 Å². The molecule has 0 aromatic heterocycles. The third-order valence-corrected chi connectivity index (χ3v) is 5.32. The number of nitrogens with zero attached hydrogens (tertiary/aromatic N) is 2. The van der Waals surface area contributed by atoms with Crippen LogP contribution in [0.5, 0.6) is 5.75 Å². The highest BCUT2D eigenvalue weighted by Gasteiger charge is 2.22. The molecule has 0 unspecified atom stereocenters. The van der Waals surface area contributed by atoms with E-state index < -0.39 is 0 Å². The fraction of sp³-hybridized carbons (Fsp3) is 0.346. The monoisotopic (exact) mass is 419 g/mol. The summed E-state index contributed by atoms with van der Waals surface area (Å²) in [7, 11) is 2.06. The number of ether oxygens (including phenoxy) is 1. The maximum atomic E-state index is 12.7. The number of hydrogen-bond donors (Lipinski definition) is 1. The van der Waals surface area contributed by atoms with Crippen molar-refractivity contribution in [2.75, 3.05) is 44.7 Å². The quantitative estimate of drug-likeness (QED) is 0.579. The van der Waals surface area contributed by atoms with Crippen molar-refractivity contribution in [3.63, 3.8) is 0 Å². The Labute approximate surface area is 186 Å². The van der Waals surface area contributed by atoms with Crippen LogP contribution in [0, 0.1) is 0 Å². The third-order valence-electron chi connectivity index (χ3n) is 5.32. The summed E-state index contributed by atoms with van der Waals surface area (Å²) < 4.78 is 5.88. The maximum Gasteiger partial charge on any atom is 0.321 e. The summed E-state index contributed by atoms with van der Waals surface area (Å²) in [5.74, 6) is 0.842. The van der Waals surface area contributed by atoms with Crippen LogP contribution in [-0.2, 0) is 12.8 Å². The molecule has 2 aromatic rings. The highest BCUT2D eigenvalue weighted by molar-refractivity contribution is 5.93. The fourth-order valence-corrected chi connectivity index (χ4v) is 3.69. The summed E-state index contributed by atoms with van der Waals surface area (Å²) in [5, 5.41) is 3.06. The van der Waals surface area contributed by atoms with Crippen LogP contribution in [0.4, 0.5) is 10.5 Å². The molecule has 1 aliphatic heterocycles. The molecule has 2 amide bonds. The smallest absolute Gasteiger partial charge is 0.321 e. The van der Waals surface area contributed by atoms with E-state index in [4.69, 9.17) is 4.74 Å². The molecule has 0 fully saturated rings. The molecule has 0 atom stereocenters. The van der Waals surface area contributed by atoms with E-state index in [1.54, 1.807) is 0 Å². The number of anilines is 1. The molecule has 0 saturated heterocycles. The molecule has 0 aliphatic carbocycles. The van der Waals surface area contributed by atoms with Gasteiger partial charge in [-0.25, -0.2) is 4.79 Å². The second-order valence-corrected chi connectivity index (χ2v) is 7.81. The van der Waals surface area contributed by atoms with Crippen molar-refractivity contribution >= 4 is 11.7 Å². The van der Waals surface area contributed by atoms with Gasteiger partial charge >= 0.3 is 6.03 Å². The van der Waals surface area contributed by atoms with Gasteiger partial charge in [0.25, 0.3) is 0 Å². The number of carbonyl (C=O) groups excluding carboxylic acids is 1. The molecule has 5 nitrogen and oxygen atoms in total. The molecule has 2 aromatic carbocycles. The van der Waals surface area contributed by atoms with Gasteiger partial charge in [-0.1, -0.05) is 48.6 Å². The van der Waals surface area contributed by atoms with Crippen LogP contribution in [-0.4, -0.2) is 50.8 Å². The van der Waals surface area contributed by atoms with E-state index in [-0.39, 0.29) is 6.03 Å². The lowest BCUT2D eigenvalue weighted by Gasteiger charge is -2.30. The Morgan fingerprint density at radius 2 is 2.03 bits per heavy atom. The number of nitrogens with one attached hydrogen (secondary N) is 1. The summed E-state index contributed by atoms with van der Waals surface area (Å²) in [4.78, 5) is 16.8. The molecule has 0 radical (unpaired) electrons. The van der Waals surface area contributed by atoms with E-state index in [1.165, 1.54) is 5.56 Å². The number of benzene rings is 2. The van der Waals surface area contributed by atoms with Crippen LogP contribution < -0.4 is 15.0 Å². The Morgan fingerprint density at radius 3 is 2.84 bits per heavy atom. The van der Waals surface area contributed by atoms with Crippen molar-refractivity contribution in [1.29, 1.82) is 0 Å². The highest BCUT2D eigenvalue weighted by atomic mass is 16.5. The van der Waals surface area contributed by atoms with Crippen molar-refractivity contribution < 1.29 is 9.53 Å². The fourth-order valence-electron chi connectivity index (χ4n) is 3.69. The molecule has 5 heteroatoms. The first-order valence-electron chi connectivity index (χ1n) is 11.0. The third kappa shape index (κ3) is 7.00. The predicted molar refractivity (Wildman–Crippen MR) is 128 cm³/mol. The highest BCUT2D eigenvalue weighted by Crippen LogP contribution is 2.30. The standard InChI is InChI=1S/C26H33N3O2/c1-3-17-28(2)18-7-8-20-31-24-13-14-25-23(21-24)12-9-19-29(25)26(30)27-16-15-22-10-5-4-6-11-22/h3-8,10-11,13-14,21H,1,9,12,15-20H2,2H3,(H,27,30)/b8-7+. The number of amides is 2. The van der Waals surface area contributed by atoms with Crippen molar-refractivity contribution in [3.05, 3.63) is 84.5 Å². The maximum absolute atomic E-state index is 12.7. The Kier molecular flexibility index (Phi) is 8.73. The van der Waals surface area contributed by atoms with Gasteiger partial charge in [-0.05, 0) is 55.6 Å². The number of carbonyl (C=O) groups is 1. The zero-order valence-corrected chi connectivity index (χ0v) is 18.4. The minimum atomic E-state index is -0.0304. The number of urea groups is 1. The van der Waals surface area contributed by atoms with Gasteiger partial charge in [0.15, 0.2) is 0 Å². The summed E-state index contributed by atoms with van der Waals surface area (Å²) in [6, 6.07) is 16.2. The average Bonchev–Trinajstić information content (AvgIpc) is 2.79. The molecule has 31 heavy (non-hydrogen) atoms. The van der Waals surface area contributed by atoms with Crippen molar-refractivity contribution in [1.82, 2.24) is 10.2 Å². The van der Waals surface area contributed by atoms with E-state index >= 15 is 0 Å². The molecule has 0 bridgehead atoms. The molecule has 1 heterocycles. The van der Waals surface area contributed by atoms with Gasteiger partial charge in [0.2, 0.25) is 0 Å². The van der Waals surface area contributed by atoms with E-state index in [1.807, 2.05) is 47.4 Å². The van der Waals surface area contributed by atoms with Crippen LogP contribution in [0.2, 0.25) is 0 Å². The molecular formula is C26H33N3O2. The second-order valence-electron chi connectivity index (χ2n) is 7.81. The van der Waals surface area contributed by atoms with E-state index in [2.05, 4.69) is 48.1 Å². The molecule has 1 N–H and O–H groups in total. The zero-order chi connectivity index (χ0) is 21.9. The van der Waals surface area contributed by atoms with Gasteiger partial charge in [-0.2, -0.15) is 0 Å². The molecule has 1 aliphatic rings. The second kappa shape index (κ2) is 12.0. The number of aryl methyl sites for hydroxylation is 1. The van der Waals surface area contributed by atoms with Crippen LogP contribution in [0.15, 0.2) is 73.3 Å². The molecular weight excluding hydrogens is 386 g/mol. The Hall–Kier alpha value is -3.05. The topological polar surface area (TPSA) is 44.8 Å². The van der Waals surface area contributed by atoms with Crippen molar-refractivity contribution in [2.24, 2.45) is 0 Å². The molecule has 164 valence electrons. The van der Waals surface area contributed by atoms with Gasteiger partial charge in [-0.15, -0.1) is 6.58 Å². The van der Waals surface area contributed by atoms with Crippen LogP contribution in [0.1, 0.15) is 17.5 Å². The van der Waals surface area contributed by atoms with E-state index in [0.29, 0.717) is 13.2 Å². The Balaban J connectivity index is 1.50. The molecule has 0 spiro atoms. The van der Waals surface area contributed by atoms with Gasteiger partial charge in [0.05, 0.1) is 0 Å². The Bertz CT molecular complexity index is 879. The van der Waals surface area contributed by atoms with Crippen molar-refractivity contribution in [2.45, 2.75) is 19.3 Å². The SMILES string of the molecule is C=CCN(C)C/C=C/COc1ccc2c(c1)CCCN2C(=O)NCCc1ccccc1. The van der Waals surface area contributed by atoms with Crippen molar-refractivity contribution in [3.8, 4) is 5.75 Å². The molecule has 0 saturated carbocycles. The minimum absolute atomic E-state index is 0.0304. The number of hydrogen-bond acceptors (Lipinski definition) is 3. The van der Waals surface area contributed by atoms with Crippen LogP contribution in [0.25, 0.3) is 0 Å². The lowest BCUT2D eigenvalue weighted by Crippen LogP contribution is -2.43. The first-order valence-corrected chi connectivity index (χ1v) is 11.0. The van der Waals surface area contributed by atoms with E-state index in [9.17, 15) is 4.79 Å². The summed E-state index contributed by atoms with van der Waals surface area (Å²) >= 11 is 0. The van der Waals surface area contributed by atoms with Gasteiger partial charge in [-0.3, -0.25) is 9.80 Å².